The molecular formula is C20H24N4O3S. The molecule has 0 bridgehead atoms. The number of anilines is 1. The number of fused-ring (bicyclic) bond motifs is 1. The fourth-order valence-electron chi connectivity index (χ4n) is 3.78. The second-order valence-electron chi connectivity index (χ2n) is 7.10. The van der Waals surface area contributed by atoms with Crippen molar-refractivity contribution in [3.8, 4) is 0 Å². The topological polar surface area (TPSA) is 73.8 Å². The van der Waals surface area contributed by atoms with E-state index < -0.39 is 15.9 Å². The van der Waals surface area contributed by atoms with Crippen molar-refractivity contribution in [1.82, 2.24) is 14.2 Å². The fraction of sp³-hybridized carbons (Fsp3) is 0.400. The summed E-state index contributed by atoms with van der Waals surface area (Å²) < 4.78 is 26.1. The molecule has 4 rings (SSSR count). The van der Waals surface area contributed by atoms with E-state index in [1.54, 1.807) is 18.2 Å². The number of hydrogen-bond acceptors (Lipinski definition) is 6. The Morgan fingerprint density at radius 2 is 1.61 bits per heavy atom. The molecule has 1 fully saturated rings. The number of aromatic nitrogens is 1. The molecule has 2 aliphatic heterocycles. The summed E-state index contributed by atoms with van der Waals surface area (Å²) in [4.78, 5) is 21.6. The molecule has 1 aromatic heterocycles. The number of unbranched alkanes of at least 4 members (excludes halogenated alkanes) is 1. The van der Waals surface area contributed by atoms with Gasteiger partial charge in [0.15, 0.2) is 0 Å². The number of sulfonamides is 1. The van der Waals surface area contributed by atoms with Gasteiger partial charge < -0.3 is 4.90 Å². The highest BCUT2D eigenvalue weighted by atomic mass is 32.2. The summed E-state index contributed by atoms with van der Waals surface area (Å²) in [5.41, 5.74) is 0.285. The third-order valence-electron chi connectivity index (χ3n) is 5.34. The summed E-state index contributed by atoms with van der Waals surface area (Å²) in [6, 6.07) is 12.4. The van der Waals surface area contributed by atoms with Crippen molar-refractivity contribution in [2.45, 2.75) is 17.7 Å². The van der Waals surface area contributed by atoms with Gasteiger partial charge in [-0.3, -0.25) is 9.69 Å². The maximum Gasteiger partial charge on any atom is 0.269 e. The van der Waals surface area contributed by atoms with Crippen LogP contribution in [-0.2, 0) is 10.0 Å². The van der Waals surface area contributed by atoms with Crippen molar-refractivity contribution in [3.05, 3.63) is 54.2 Å². The van der Waals surface area contributed by atoms with Crippen molar-refractivity contribution in [2.75, 3.05) is 44.2 Å². The maximum absolute atomic E-state index is 12.5. The Balaban J connectivity index is 1.24. The smallest absolute Gasteiger partial charge is 0.269 e. The van der Waals surface area contributed by atoms with E-state index in [2.05, 4.69) is 14.8 Å². The standard InChI is InChI=1S/C20H24N4O3S/c25-20-17-7-1-2-8-18(17)28(26,27)24(20)12-6-5-11-22-13-15-23(16-14-22)19-9-3-4-10-21-19/h1-4,7-10H,5-6,11-16H2. The molecule has 28 heavy (non-hydrogen) atoms. The van der Waals surface area contributed by atoms with Gasteiger partial charge in [0.1, 0.15) is 10.7 Å². The van der Waals surface area contributed by atoms with Crippen LogP contribution in [0.1, 0.15) is 23.2 Å². The molecule has 1 aromatic carbocycles. The SMILES string of the molecule is O=C1c2ccccc2S(=O)(=O)N1CCCCN1CCN(c2ccccn2)CC1. The molecule has 2 aliphatic rings. The average Bonchev–Trinajstić information content (AvgIpc) is 2.93. The summed E-state index contributed by atoms with van der Waals surface area (Å²) in [7, 11) is -3.68. The Kier molecular flexibility index (Phi) is 5.32. The number of rotatable bonds is 6. The number of amides is 1. The van der Waals surface area contributed by atoms with Gasteiger partial charge in [-0.15, -0.1) is 0 Å². The molecule has 0 aliphatic carbocycles. The molecule has 8 heteroatoms. The van der Waals surface area contributed by atoms with E-state index in [1.807, 2.05) is 24.4 Å². The van der Waals surface area contributed by atoms with Crippen LogP contribution in [0.3, 0.4) is 0 Å². The second-order valence-corrected chi connectivity index (χ2v) is 8.93. The van der Waals surface area contributed by atoms with Crippen LogP contribution in [0.15, 0.2) is 53.6 Å². The van der Waals surface area contributed by atoms with Crippen molar-refractivity contribution >= 4 is 21.7 Å². The van der Waals surface area contributed by atoms with Crippen LogP contribution in [0.4, 0.5) is 5.82 Å². The van der Waals surface area contributed by atoms with Gasteiger partial charge in [0.05, 0.1) is 5.56 Å². The molecule has 3 heterocycles. The minimum absolute atomic E-state index is 0.130. The first kappa shape index (κ1) is 18.9. The highest BCUT2D eigenvalue weighted by molar-refractivity contribution is 7.90. The third kappa shape index (κ3) is 3.62. The van der Waals surface area contributed by atoms with Crippen LogP contribution in [0.5, 0.6) is 0 Å². The predicted octanol–water partition coefficient (Wildman–Crippen LogP) is 1.83. The first-order valence-corrected chi connectivity index (χ1v) is 11.1. The summed E-state index contributed by atoms with van der Waals surface area (Å²) in [5.74, 6) is 0.610. The largest absolute Gasteiger partial charge is 0.354 e. The number of carbonyl (C=O) groups is 1. The Labute approximate surface area is 165 Å². The zero-order valence-corrected chi connectivity index (χ0v) is 16.5. The van der Waals surface area contributed by atoms with Gasteiger partial charge in [-0.05, 0) is 43.7 Å². The van der Waals surface area contributed by atoms with E-state index in [1.165, 1.54) is 6.07 Å². The van der Waals surface area contributed by atoms with Crippen LogP contribution in [-0.4, -0.2) is 67.8 Å². The van der Waals surface area contributed by atoms with E-state index in [9.17, 15) is 13.2 Å². The minimum atomic E-state index is -3.68. The monoisotopic (exact) mass is 400 g/mol. The maximum atomic E-state index is 12.5. The average molecular weight is 401 g/mol. The number of nitrogens with zero attached hydrogens (tertiary/aromatic N) is 4. The molecule has 0 unspecified atom stereocenters. The van der Waals surface area contributed by atoms with Crippen molar-refractivity contribution in [2.24, 2.45) is 0 Å². The van der Waals surface area contributed by atoms with Gasteiger partial charge >= 0.3 is 0 Å². The molecule has 0 radical (unpaired) electrons. The predicted molar refractivity (Wildman–Crippen MR) is 107 cm³/mol. The molecule has 1 saturated heterocycles. The van der Waals surface area contributed by atoms with Crippen LogP contribution in [0.25, 0.3) is 0 Å². The van der Waals surface area contributed by atoms with Gasteiger partial charge in [-0.2, -0.15) is 0 Å². The summed E-state index contributed by atoms with van der Waals surface area (Å²) in [6.45, 7) is 4.94. The summed E-state index contributed by atoms with van der Waals surface area (Å²) in [6.07, 6.45) is 3.34. The van der Waals surface area contributed by atoms with E-state index in [-0.39, 0.29) is 17.0 Å². The van der Waals surface area contributed by atoms with Crippen LogP contribution in [0, 0.1) is 0 Å². The number of pyridine rings is 1. The molecule has 0 atom stereocenters. The Morgan fingerprint density at radius 1 is 0.893 bits per heavy atom. The number of carbonyl (C=O) groups excluding carboxylic acids is 1. The summed E-state index contributed by atoms with van der Waals surface area (Å²) in [5, 5.41) is 0. The zero-order chi connectivity index (χ0) is 19.6. The van der Waals surface area contributed by atoms with Crippen molar-refractivity contribution < 1.29 is 13.2 Å². The van der Waals surface area contributed by atoms with Crippen LogP contribution < -0.4 is 4.90 Å². The Bertz CT molecular complexity index is 941. The second kappa shape index (κ2) is 7.89. The van der Waals surface area contributed by atoms with E-state index in [0.717, 1.165) is 49.3 Å². The molecular weight excluding hydrogens is 376 g/mol. The molecule has 0 spiro atoms. The van der Waals surface area contributed by atoms with Crippen molar-refractivity contribution in [1.29, 1.82) is 0 Å². The Hall–Kier alpha value is -2.45. The lowest BCUT2D eigenvalue weighted by atomic mass is 10.2. The normalized spacial score (nSPS) is 19.1. The number of hydrogen-bond donors (Lipinski definition) is 0. The molecule has 0 saturated carbocycles. The van der Waals surface area contributed by atoms with Gasteiger partial charge in [-0.1, -0.05) is 18.2 Å². The van der Waals surface area contributed by atoms with E-state index >= 15 is 0 Å². The molecule has 1 amide bonds. The first-order chi connectivity index (χ1) is 13.6. The number of benzene rings is 1. The van der Waals surface area contributed by atoms with E-state index in [0.29, 0.717) is 6.42 Å². The molecule has 0 N–H and O–H groups in total. The zero-order valence-electron chi connectivity index (χ0n) is 15.7. The molecule has 7 nitrogen and oxygen atoms in total. The summed E-state index contributed by atoms with van der Waals surface area (Å²) >= 11 is 0. The lowest BCUT2D eigenvalue weighted by Gasteiger charge is -2.35. The molecule has 148 valence electrons. The van der Waals surface area contributed by atoms with Gasteiger partial charge in [0.2, 0.25) is 0 Å². The van der Waals surface area contributed by atoms with Gasteiger partial charge in [0, 0.05) is 38.9 Å². The Morgan fingerprint density at radius 3 is 2.32 bits per heavy atom. The van der Waals surface area contributed by atoms with Crippen molar-refractivity contribution in [3.63, 3.8) is 0 Å². The highest BCUT2D eigenvalue weighted by Crippen LogP contribution is 2.30. The minimum Gasteiger partial charge on any atom is -0.354 e. The van der Waals surface area contributed by atoms with Crippen LogP contribution >= 0.6 is 0 Å². The van der Waals surface area contributed by atoms with E-state index in [4.69, 9.17) is 0 Å². The van der Waals surface area contributed by atoms with Gasteiger partial charge in [0.25, 0.3) is 15.9 Å². The van der Waals surface area contributed by atoms with Crippen LogP contribution in [0.2, 0.25) is 0 Å². The quantitative estimate of drug-likeness (QED) is 0.689. The fourth-order valence-corrected chi connectivity index (χ4v) is 5.39. The lowest BCUT2D eigenvalue weighted by Crippen LogP contribution is -2.47. The van der Waals surface area contributed by atoms with Gasteiger partial charge in [-0.25, -0.2) is 17.7 Å². The lowest BCUT2D eigenvalue weighted by molar-refractivity contribution is 0.0868. The highest BCUT2D eigenvalue weighted by Gasteiger charge is 2.40. The molecule has 2 aromatic rings. The number of piperazine rings is 1. The first-order valence-electron chi connectivity index (χ1n) is 9.62. The third-order valence-corrected chi connectivity index (χ3v) is 7.18.